The van der Waals surface area contributed by atoms with E-state index in [0.29, 0.717) is 13.2 Å². The second-order valence-corrected chi connectivity index (χ2v) is 6.58. The first-order valence-electron chi connectivity index (χ1n) is 9.62. The van der Waals surface area contributed by atoms with E-state index in [2.05, 4.69) is 15.2 Å². The molecule has 0 radical (unpaired) electrons. The van der Waals surface area contributed by atoms with E-state index in [1.54, 1.807) is 6.26 Å². The van der Waals surface area contributed by atoms with Crippen molar-refractivity contribution in [2.24, 2.45) is 4.99 Å². The lowest BCUT2D eigenvalue weighted by Crippen LogP contribution is -2.47. The van der Waals surface area contributed by atoms with Crippen LogP contribution in [0.4, 0.5) is 0 Å². The Morgan fingerprint density at radius 3 is 2.70 bits per heavy atom. The average molecular weight is 371 g/mol. The second kappa shape index (κ2) is 10.6. The minimum atomic E-state index is 0.275. The van der Waals surface area contributed by atoms with Gasteiger partial charge in [0.05, 0.1) is 6.26 Å². The molecule has 1 aromatic heterocycles. The minimum absolute atomic E-state index is 0.275. The van der Waals surface area contributed by atoms with Crippen LogP contribution in [-0.2, 0) is 11.3 Å². The standard InChI is InChI=1S/C21H29N3O3/c1-22-21(23-12-6-15-25-17-20-9-5-16-26-20)24-13-10-19(11-14-24)27-18-7-3-2-4-8-18/h2-5,7-9,16,19H,6,10-15,17H2,1H3,(H,22,23). The summed E-state index contributed by atoms with van der Waals surface area (Å²) in [5.74, 6) is 2.77. The Morgan fingerprint density at radius 1 is 1.19 bits per heavy atom. The van der Waals surface area contributed by atoms with Crippen molar-refractivity contribution in [2.45, 2.75) is 32.0 Å². The van der Waals surface area contributed by atoms with Crippen molar-refractivity contribution in [3.8, 4) is 5.75 Å². The molecule has 1 aromatic carbocycles. The maximum Gasteiger partial charge on any atom is 0.193 e. The third-order valence-corrected chi connectivity index (χ3v) is 4.57. The van der Waals surface area contributed by atoms with Crippen LogP contribution in [0.1, 0.15) is 25.0 Å². The molecule has 2 heterocycles. The average Bonchev–Trinajstić information content (AvgIpc) is 3.23. The van der Waals surface area contributed by atoms with Crippen LogP contribution in [0.15, 0.2) is 58.1 Å². The highest BCUT2D eigenvalue weighted by Crippen LogP contribution is 2.18. The largest absolute Gasteiger partial charge is 0.490 e. The summed E-state index contributed by atoms with van der Waals surface area (Å²) < 4.78 is 16.9. The highest BCUT2D eigenvalue weighted by molar-refractivity contribution is 5.79. The fourth-order valence-corrected chi connectivity index (χ4v) is 3.15. The topological polar surface area (TPSA) is 59.2 Å². The van der Waals surface area contributed by atoms with E-state index in [4.69, 9.17) is 13.9 Å². The molecular formula is C21H29N3O3. The lowest BCUT2D eigenvalue weighted by molar-refractivity contribution is 0.104. The number of hydrogen-bond donors (Lipinski definition) is 1. The summed E-state index contributed by atoms with van der Waals surface area (Å²) in [6.07, 6.45) is 4.87. The predicted molar refractivity (Wildman–Crippen MR) is 106 cm³/mol. The molecule has 0 unspecified atom stereocenters. The molecule has 0 saturated carbocycles. The van der Waals surface area contributed by atoms with Crippen molar-refractivity contribution in [2.75, 3.05) is 33.3 Å². The molecule has 1 aliphatic rings. The fourth-order valence-electron chi connectivity index (χ4n) is 3.15. The Bertz CT molecular complexity index is 665. The molecule has 2 aromatic rings. The number of para-hydroxylation sites is 1. The summed E-state index contributed by atoms with van der Waals surface area (Å²) >= 11 is 0. The van der Waals surface area contributed by atoms with Gasteiger partial charge in [0, 0.05) is 46.1 Å². The highest BCUT2D eigenvalue weighted by atomic mass is 16.5. The van der Waals surface area contributed by atoms with Gasteiger partial charge in [-0.25, -0.2) is 0 Å². The molecule has 146 valence electrons. The summed E-state index contributed by atoms with van der Waals surface area (Å²) in [6.45, 7) is 3.96. The van der Waals surface area contributed by atoms with Gasteiger partial charge in [-0.2, -0.15) is 0 Å². The van der Waals surface area contributed by atoms with Crippen LogP contribution in [-0.4, -0.2) is 50.3 Å². The van der Waals surface area contributed by atoms with Crippen molar-refractivity contribution in [3.05, 3.63) is 54.5 Å². The Hall–Kier alpha value is -2.47. The lowest BCUT2D eigenvalue weighted by atomic mass is 10.1. The quantitative estimate of drug-likeness (QED) is 0.438. The van der Waals surface area contributed by atoms with E-state index >= 15 is 0 Å². The fraction of sp³-hybridized carbons (Fsp3) is 0.476. The van der Waals surface area contributed by atoms with E-state index in [9.17, 15) is 0 Å². The lowest BCUT2D eigenvalue weighted by Gasteiger charge is -2.34. The van der Waals surface area contributed by atoms with Crippen molar-refractivity contribution in [3.63, 3.8) is 0 Å². The number of aliphatic imine (C=N–C) groups is 1. The van der Waals surface area contributed by atoms with E-state index in [0.717, 1.165) is 56.4 Å². The van der Waals surface area contributed by atoms with Crippen LogP contribution >= 0.6 is 0 Å². The third-order valence-electron chi connectivity index (χ3n) is 4.57. The molecule has 1 fully saturated rings. The van der Waals surface area contributed by atoms with Crippen LogP contribution in [0.25, 0.3) is 0 Å². The van der Waals surface area contributed by atoms with Gasteiger partial charge >= 0.3 is 0 Å². The number of rotatable bonds is 8. The van der Waals surface area contributed by atoms with Gasteiger partial charge in [-0.15, -0.1) is 0 Å². The molecular weight excluding hydrogens is 342 g/mol. The minimum Gasteiger partial charge on any atom is -0.490 e. The number of nitrogens with one attached hydrogen (secondary N) is 1. The number of hydrogen-bond acceptors (Lipinski definition) is 4. The number of nitrogens with zero attached hydrogens (tertiary/aromatic N) is 2. The summed E-state index contributed by atoms with van der Waals surface area (Å²) in [7, 11) is 1.84. The first-order chi connectivity index (χ1) is 13.3. The van der Waals surface area contributed by atoms with Crippen LogP contribution in [0, 0.1) is 0 Å². The highest BCUT2D eigenvalue weighted by Gasteiger charge is 2.22. The van der Waals surface area contributed by atoms with E-state index in [-0.39, 0.29) is 6.10 Å². The van der Waals surface area contributed by atoms with E-state index in [1.807, 2.05) is 49.5 Å². The molecule has 0 spiro atoms. The molecule has 27 heavy (non-hydrogen) atoms. The number of guanidine groups is 1. The van der Waals surface area contributed by atoms with Crippen LogP contribution in [0.5, 0.6) is 5.75 Å². The van der Waals surface area contributed by atoms with Gasteiger partial charge in [0.2, 0.25) is 0 Å². The number of piperidine rings is 1. The number of furan rings is 1. The van der Waals surface area contributed by atoms with E-state index < -0.39 is 0 Å². The van der Waals surface area contributed by atoms with Gasteiger partial charge in [0.25, 0.3) is 0 Å². The Labute approximate surface area is 161 Å². The van der Waals surface area contributed by atoms with Gasteiger partial charge in [0.1, 0.15) is 24.2 Å². The van der Waals surface area contributed by atoms with Crippen LogP contribution in [0.3, 0.4) is 0 Å². The molecule has 1 saturated heterocycles. The van der Waals surface area contributed by atoms with E-state index in [1.165, 1.54) is 0 Å². The molecule has 6 heteroatoms. The zero-order valence-electron chi connectivity index (χ0n) is 16.0. The predicted octanol–water partition coefficient (Wildman–Crippen LogP) is 3.31. The van der Waals surface area contributed by atoms with Gasteiger partial charge < -0.3 is 24.1 Å². The molecule has 0 aliphatic carbocycles. The third kappa shape index (κ3) is 6.32. The zero-order chi connectivity index (χ0) is 18.7. The molecule has 1 N–H and O–H groups in total. The first-order valence-corrected chi connectivity index (χ1v) is 9.62. The monoisotopic (exact) mass is 371 g/mol. The zero-order valence-corrected chi connectivity index (χ0v) is 16.0. The normalized spacial score (nSPS) is 15.7. The Balaban J connectivity index is 1.30. The maximum atomic E-state index is 6.06. The van der Waals surface area contributed by atoms with Crippen LogP contribution in [0.2, 0.25) is 0 Å². The number of ether oxygens (including phenoxy) is 2. The van der Waals surface area contributed by atoms with Gasteiger partial charge in [-0.1, -0.05) is 18.2 Å². The molecule has 1 aliphatic heterocycles. The molecule has 6 nitrogen and oxygen atoms in total. The SMILES string of the molecule is CN=C(NCCCOCc1ccco1)N1CCC(Oc2ccccc2)CC1. The maximum absolute atomic E-state index is 6.06. The molecule has 0 amide bonds. The first kappa shape index (κ1) is 19.3. The van der Waals surface area contributed by atoms with Crippen molar-refractivity contribution >= 4 is 5.96 Å². The molecule has 0 atom stereocenters. The molecule has 0 bridgehead atoms. The summed E-state index contributed by atoms with van der Waals surface area (Å²) in [5, 5.41) is 3.43. The second-order valence-electron chi connectivity index (χ2n) is 6.58. The summed E-state index contributed by atoms with van der Waals surface area (Å²) in [6, 6.07) is 13.8. The number of benzene rings is 1. The van der Waals surface area contributed by atoms with Crippen LogP contribution < -0.4 is 10.1 Å². The Kier molecular flexibility index (Phi) is 7.59. The van der Waals surface area contributed by atoms with Gasteiger partial charge in [-0.3, -0.25) is 4.99 Å². The smallest absolute Gasteiger partial charge is 0.193 e. The van der Waals surface area contributed by atoms with Crippen molar-refractivity contribution in [1.82, 2.24) is 10.2 Å². The van der Waals surface area contributed by atoms with Gasteiger partial charge in [-0.05, 0) is 30.7 Å². The summed E-state index contributed by atoms with van der Waals surface area (Å²) in [4.78, 5) is 6.71. The van der Waals surface area contributed by atoms with Gasteiger partial charge in [0.15, 0.2) is 5.96 Å². The summed E-state index contributed by atoms with van der Waals surface area (Å²) in [5.41, 5.74) is 0. The van der Waals surface area contributed by atoms with Crippen molar-refractivity contribution in [1.29, 1.82) is 0 Å². The Morgan fingerprint density at radius 2 is 2.00 bits per heavy atom. The number of likely N-dealkylation sites (tertiary alicyclic amines) is 1. The molecule has 3 rings (SSSR count). The van der Waals surface area contributed by atoms with Crippen molar-refractivity contribution < 1.29 is 13.9 Å².